The number of benzene rings is 1. The van der Waals surface area contributed by atoms with Gasteiger partial charge in [-0.1, -0.05) is 13.3 Å². The van der Waals surface area contributed by atoms with Crippen LogP contribution in [-0.4, -0.2) is 38.6 Å². The second kappa shape index (κ2) is 5.44. The van der Waals surface area contributed by atoms with Gasteiger partial charge in [0.25, 0.3) is 5.91 Å². The summed E-state index contributed by atoms with van der Waals surface area (Å²) in [6.07, 6.45) is 3.16. The van der Waals surface area contributed by atoms with E-state index < -0.39 is 9.84 Å². The Balaban J connectivity index is 2.29. The van der Waals surface area contributed by atoms with E-state index >= 15 is 0 Å². The first-order valence-corrected chi connectivity index (χ1v) is 8.60. The van der Waals surface area contributed by atoms with Crippen molar-refractivity contribution in [3.05, 3.63) is 23.8 Å². The fourth-order valence-electron chi connectivity index (χ4n) is 2.49. The molecule has 1 aromatic carbocycles. The summed E-state index contributed by atoms with van der Waals surface area (Å²) < 4.78 is 23.2. The van der Waals surface area contributed by atoms with Crippen LogP contribution in [0.2, 0.25) is 0 Å². The second-order valence-electron chi connectivity index (χ2n) is 5.38. The minimum Gasteiger partial charge on any atom is -0.399 e. The lowest BCUT2D eigenvalue weighted by Gasteiger charge is -2.17. The molecule has 0 radical (unpaired) electrons. The molecule has 1 heterocycles. The van der Waals surface area contributed by atoms with E-state index in [1.54, 1.807) is 4.90 Å². The van der Waals surface area contributed by atoms with E-state index in [0.717, 1.165) is 32.2 Å². The van der Waals surface area contributed by atoms with Crippen LogP contribution >= 0.6 is 0 Å². The van der Waals surface area contributed by atoms with Crippen LogP contribution in [0, 0.1) is 5.92 Å². The van der Waals surface area contributed by atoms with Crippen molar-refractivity contribution in [2.24, 2.45) is 5.92 Å². The Kier molecular flexibility index (Phi) is 4.04. The molecule has 1 aliphatic heterocycles. The van der Waals surface area contributed by atoms with Gasteiger partial charge in [0.15, 0.2) is 9.84 Å². The third-order valence-electron chi connectivity index (χ3n) is 3.75. The van der Waals surface area contributed by atoms with Crippen LogP contribution in [0.5, 0.6) is 0 Å². The SMILES string of the molecule is CCC1CCN(C(=O)c2cc(N)cc(S(C)(=O)=O)c2)C1. The van der Waals surface area contributed by atoms with Gasteiger partial charge in [-0.2, -0.15) is 0 Å². The van der Waals surface area contributed by atoms with Crippen molar-refractivity contribution in [2.45, 2.75) is 24.7 Å². The summed E-state index contributed by atoms with van der Waals surface area (Å²) in [4.78, 5) is 14.3. The Morgan fingerprint density at radius 3 is 2.65 bits per heavy atom. The molecule has 2 N–H and O–H groups in total. The van der Waals surface area contributed by atoms with Gasteiger partial charge in [0, 0.05) is 30.6 Å². The fourth-order valence-corrected chi connectivity index (χ4v) is 3.18. The van der Waals surface area contributed by atoms with Crippen LogP contribution in [0.3, 0.4) is 0 Å². The van der Waals surface area contributed by atoms with Crippen molar-refractivity contribution in [2.75, 3.05) is 25.1 Å². The molecular formula is C14H20N2O3S. The molecule has 1 amide bonds. The highest BCUT2D eigenvalue weighted by molar-refractivity contribution is 7.90. The van der Waals surface area contributed by atoms with E-state index in [2.05, 4.69) is 6.92 Å². The van der Waals surface area contributed by atoms with Crippen molar-refractivity contribution in [3.8, 4) is 0 Å². The average Bonchev–Trinajstić information content (AvgIpc) is 2.84. The molecule has 1 saturated heterocycles. The maximum atomic E-state index is 12.4. The molecule has 1 aliphatic rings. The Morgan fingerprint density at radius 1 is 1.40 bits per heavy atom. The molecule has 0 bridgehead atoms. The molecule has 0 spiro atoms. The summed E-state index contributed by atoms with van der Waals surface area (Å²) in [5.41, 5.74) is 6.35. The van der Waals surface area contributed by atoms with Gasteiger partial charge in [0.1, 0.15) is 0 Å². The summed E-state index contributed by atoms with van der Waals surface area (Å²) >= 11 is 0. The number of sulfone groups is 1. The summed E-state index contributed by atoms with van der Waals surface area (Å²) in [6, 6.07) is 4.33. The summed E-state index contributed by atoms with van der Waals surface area (Å²) in [5.74, 6) is 0.396. The fraction of sp³-hybridized carbons (Fsp3) is 0.500. The summed E-state index contributed by atoms with van der Waals surface area (Å²) in [5, 5.41) is 0. The standard InChI is InChI=1S/C14H20N2O3S/c1-3-10-4-5-16(9-10)14(17)11-6-12(15)8-13(7-11)20(2,18)19/h6-8,10H,3-5,9,15H2,1-2H3. The molecular weight excluding hydrogens is 276 g/mol. The average molecular weight is 296 g/mol. The van der Waals surface area contributed by atoms with Gasteiger partial charge in [-0.15, -0.1) is 0 Å². The van der Waals surface area contributed by atoms with Gasteiger partial charge in [0.2, 0.25) is 0 Å². The summed E-state index contributed by atoms with van der Waals surface area (Å²) in [6.45, 7) is 3.57. The van der Waals surface area contributed by atoms with Crippen molar-refractivity contribution in [1.82, 2.24) is 4.90 Å². The number of amides is 1. The lowest BCUT2D eigenvalue weighted by molar-refractivity contribution is 0.0786. The minimum atomic E-state index is -3.37. The van der Waals surface area contributed by atoms with E-state index in [1.165, 1.54) is 18.2 Å². The number of rotatable bonds is 3. The molecule has 1 fully saturated rings. The first kappa shape index (κ1) is 14.8. The number of hydrogen-bond acceptors (Lipinski definition) is 4. The number of nitrogens with two attached hydrogens (primary N) is 1. The number of nitrogen functional groups attached to an aromatic ring is 1. The van der Waals surface area contributed by atoms with E-state index in [4.69, 9.17) is 5.73 Å². The number of carbonyl (C=O) groups excluding carboxylic acids is 1. The van der Waals surface area contributed by atoms with Crippen LogP contribution in [0.4, 0.5) is 5.69 Å². The van der Waals surface area contributed by atoms with Crippen LogP contribution in [0.15, 0.2) is 23.1 Å². The van der Waals surface area contributed by atoms with Gasteiger partial charge < -0.3 is 10.6 Å². The smallest absolute Gasteiger partial charge is 0.253 e. The van der Waals surface area contributed by atoms with Crippen molar-refractivity contribution < 1.29 is 13.2 Å². The molecule has 5 nitrogen and oxygen atoms in total. The molecule has 6 heteroatoms. The van der Waals surface area contributed by atoms with Gasteiger partial charge >= 0.3 is 0 Å². The topological polar surface area (TPSA) is 80.5 Å². The molecule has 0 aliphatic carbocycles. The molecule has 2 rings (SSSR count). The van der Waals surface area contributed by atoms with E-state index in [1.807, 2.05) is 0 Å². The highest BCUT2D eigenvalue weighted by atomic mass is 32.2. The van der Waals surface area contributed by atoms with Crippen LogP contribution in [0.25, 0.3) is 0 Å². The van der Waals surface area contributed by atoms with E-state index in [0.29, 0.717) is 17.2 Å². The molecule has 20 heavy (non-hydrogen) atoms. The number of anilines is 1. The quantitative estimate of drug-likeness (QED) is 0.858. The number of carbonyl (C=O) groups is 1. The Labute approximate surface area is 119 Å². The zero-order valence-corrected chi connectivity index (χ0v) is 12.6. The van der Waals surface area contributed by atoms with Crippen molar-refractivity contribution in [3.63, 3.8) is 0 Å². The predicted octanol–water partition coefficient (Wildman–Crippen LogP) is 1.54. The van der Waals surface area contributed by atoms with Crippen LogP contribution in [-0.2, 0) is 9.84 Å². The molecule has 110 valence electrons. The highest BCUT2D eigenvalue weighted by Gasteiger charge is 2.26. The Bertz CT molecular complexity index is 625. The van der Waals surface area contributed by atoms with Crippen molar-refractivity contribution in [1.29, 1.82) is 0 Å². The lowest BCUT2D eigenvalue weighted by Crippen LogP contribution is -2.28. The maximum absolute atomic E-state index is 12.4. The molecule has 0 aromatic heterocycles. The van der Waals surface area contributed by atoms with E-state index in [9.17, 15) is 13.2 Å². The Hall–Kier alpha value is -1.56. The zero-order chi connectivity index (χ0) is 14.9. The van der Waals surface area contributed by atoms with Gasteiger partial charge in [-0.3, -0.25) is 4.79 Å². The first-order valence-electron chi connectivity index (χ1n) is 6.71. The first-order chi connectivity index (χ1) is 9.31. The largest absolute Gasteiger partial charge is 0.399 e. The monoisotopic (exact) mass is 296 g/mol. The minimum absolute atomic E-state index is 0.0899. The normalized spacial score (nSPS) is 19.3. The molecule has 1 aromatic rings. The van der Waals surface area contributed by atoms with Crippen molar-refractivity contribution >= 4 is 21.4 Å². The second-order valence-corrected chi connectivity index (χ2v) is 7.39. The lowest BCUT2D eigenvalue weighted by atomic mass is 10.1. The third-order valence-corrected chi connectivity index (χ3v) is 4.85. The highest BCUT2D eigenvalue weighted by Crippen LogP contribution is 2.23. The van der Waals surface area contributed by atoms with Crippen LogP contribution < -0.4 is 5.73 Å². The molecule has 1 atom stereocenters. The summed E-state index contributed by atoms with van der Waals surface area (Å²) in [7, 11) is -3.37. The number of nitrogens with zero attached hydrogens (tertiary/aromatic N) is 1. The molecule has 1 unspecified atom stereocenters. The van der Waals surface area contributed by atoms with Crippen LogP contribution in [0.1, 0.15) is 30.1 Å². The number of likely N-dealkylation sites (tertiary alicyclic amines) is 1. The van der Waals surface area contributed by atoms with Gasteiger partial charge in [-0.25, -0.2) is 8.42 Å². The molecule has 0 saturated carbocycles. The van der Waals surface area contributed by atoms with Gasteiger partial charge in [0.05, 0.1) is 4.90 Å². The predicted molar refractivity (Wildman–Crippen MR) is 78.3 cm³/mol. The van der Waals surface area contributed by atoms with Gasteiger partial charge in [-0.05, 0) is 30.5 Å². The number of hydrogen-bond donors (Lipinski definition) is 1. The Morgan fingerprint density at radius 2 is 2.10 bits per heavy atom. The maximum Gasteiger partial charge on any atom is 0.253 e. The third kappa shape index (κ3) is 3.12. The zero-order valence-electron chi connectivity index (χ0n) is 11.8. The van der Waals surface area contributed by atoms with E-state index in [-0.39, 0.29) is 10.8 Å².